The van der Waals surface area contributed by atoms with Gasteiger partial charge in [0.15, 0.2) is 0 Å². The van der Waals surface area contributed by atoms with Crippen LogP contribution >= 0.6 is 7.82 Å². The van der Waals surface area contributed by atoms with Crippen molar-refractivity contribution < 1.29 is 59.4 Å². The lowest BCUT2D eigenvalue weighted by atomic mass is 9.87. The summed E-state index contributed by atoms with van der Waals surface area (Å²) in [5.41, 5.74) is 0. The van der Waals surface area contributed by atoms with E-state index < -0.39 is 81.7 Å². The van der Waals surface area contributed by atoms with Crippen molar-refractivity contribution in [1.82, 2.24) is 0 Å². The van der Waals surface area contributed by atoms with E-state index in [0.717, 1.165) is 0 Å². The van der Waals surface area contributed by atoms with Crippen LogP contribution in [0.25, 0.3) is 0 Å². The number of phosphoric acid groups is 1. The lowest BCUT2D eigenvalue weighted by Crippen LogP contribution is -2.57. The Hall–Kier alpha value is -0.210. The van der Waals surface area contributed by atoms with Crippen LogP contribution in [0.15, 0.2) is 0 Å². The fourth-order valence-electron chi connectivity index (χ4n) is 2.94. The minimum atomic E-state index is -5.10. The van der Waals surface area contributed by atoms with Crippen molar-refractivity contribution in [2.75, 3.05) is 0 Å². The van der Waals surface area contributed by atoms with Gasteiger partial charge in [0.05, 0.1) is 24.4 Å². The lowest BCUT2D eigenvalue weighted by molar-refractivity contribution is -0.188. The molecule has 0 aliphatic heterocycles. The molecule has 0 saturated heterocycles. The summed E-state index contributed by atoms with van der Waals surface area (Å²) < 4.78 is 21.4. The molecule has 2 aliphatic carbocycles. The maximum absolute atomic E-state index is 12.1. The van der Waals surface area contributed by atoms with Crippen LogP contribution in [-0.4, -0.2) is 107 Å². The number of hydrogen-bond donors (Lipinski definition) is 9. The molecule has 0 aromatic heterocycles. The molecule has 2 fully saturated rings. The second-order valence-corrected chi connectivity index (χ2v) is 7.67. The molecule has 0 radical (unpaired) electrons. The van der Waals surface area contributed by atoms with Gasteiger partial charge < -0.3 is 45.7 Å². The molecular formula is C12H23O12P. The quantitative estimate of drug-likeness (QED) is 0.208. The maximum Gasteiger partial charge on any atom is 0.473 e. The molecule has 10 atom stereocenters. The number of phosphoric ester groups is 1. The number of aliphatic hydroxyl groups excluding tert-OH is 8. The molecule has 2 saturated carbocycles. The Morgan fingerprint density at radius 3 is 1.24 bits per heavy atom. The van der Waals surface area contributed by atoms with Gasteiger partial charge in [-0.2, -0.15) is 0 Å². The van der Waals surface area contributed by atoms with Crippen LogP contribution in [0.3, 0.4) is 0 Å². The zero-order valence-corrected chi connectivity index (χ0v) is 13.8. The zero-order valence-electron chi connectivity index (χ0n) is 12.9. The van der Waals surface area contributed by atoms with Crippen molar-refractivity contribution in [3.8, 4) is 0 Å². The molecule has 0 bridgehead atoms. The first-order chi connectivity index (χ1) is 11.4. The van der Waals surface area contributed by atoms with Crippen molar-refractivity contribution in [3.63, 3.8) is 0 Å². The van der Waals surface area contributed by atoms with E-state index in [-0.39, 0.29) is 0 Å². The third kappa shape index (κ3) is 4.56. The van der Waals surface area contributed by atoms with Crippen molar-refractivity contribution in [2.24, 2.45) is 0 Å². The van der Waals surface area contributed by atoms with Crippen LogP contribution in [0, 0.1) is 0 Å². The van der Waals surface area contributed by atoms with Crippen LogP contribution in [-0.2, 0) is 13.6 Å². The first kappa shape index (κ1) is 21.1. The van der Waals surface area contributed by atoms with Crippen LogP contribution < -0.4 is 0 Å². The van der Waals surface area contributed by atoms with Gasteiger partial charge in [0.2, 0.25) is 0 Å². The molecule has 2 aliphatic rings. The molecule has 0 amide bonds. The van der Waals surface area contributed by atoms with Gasteiger partial charge in [-0.05, 0) is 0 Å². The summed E-state index contributed by atoms with van der Waals surface area (Å²) in [6.45, 7) is 0. The van der Waals surface area contributed by atoms with Crippen molar-refractivity contribution >= 4 is 7.82 Å². The fraction of sp³-hybridized carbons (Fsp3) is 1.00. The maximum atomic E-state index is 12.1. The van der Waals surface area contributed by atoms with Gasteiger partial charge in [-0.3, -0.25) is 9.05 Å². The van der Waals surface area contributed by atoms with E-state index in [1.54, 1.807) is 0 Å². The molecule has 12 nitrogen and oxygen atoms in total. The molecular weight excluding hydrogens is 367 g/mol. The van der Waals surface area contributed by atoms with E-state index in [1.807, 2.05) is 0 Å². The predicted octanol–water partition coefficient (Wildman–Crippen LogP) is -4.45. The summed E-state index contributed by atoms with van der Waals surface area (Å²) in [6, 6.07) is 0. The molecule has 0 unspecified atom stereocenters. The molecule has 9 N–H and O–H groups in total. The smallest absolute Gasteiger partial charge is 0.390 e. The van der Waals surface area contributed by atoms with Crippen LogP contribution in [0.5, 0.6) is 0 Å². The summed E-state index contributed by atoms with van der Waals surface area (Å²) in [5, 5.41) is 77.0. The van der Waals surface area contributed by atoms with Crippen LogP contribution in [0.4, 0.5) is 0 Å². The Kier molecular flexibility index (Phi) is 6.59. The van der Waals surface area contributed by atoms with Gasteiger partial charge in [-0.1, -0.05) is 0 Å². The summed E-state index contributed by atoms with van der Waals surface area (Å²) in [7, 11) is -5.10. The SMILES string of the molecule is O=P(O)(O[C@H]1[C@H](O)[C@@H](O)[C@H](O)C[C@H]1O)O[C@H]1[C@H](O)[C@@H](O)[C@H](O)C[C@H]1O. The first-order valence-corrected chi connectivity index (χ1v) is 9.08. The standard InChI is InChI=1S/C12H23O12P/c13-3-1-5(15)11(9(19)7(3)17)23-25(21,22)24-12-6(16)2-4(14)8(18)10(12)20/h3-20H,1-2H2,(H,21,22)/t3-,4-,5-,6-,7+,8+,9-,10-,11-,12-/m1/s1. The average Bonchev–Trinajstić information content (AvgIpc) is 2.52. The van der Waals surface area contributed by atoms with E-state index in [4.69, 9.17) is 0 Å². The average molecular weight is 390 g/mol. The monoisotopic (exact) mass is 390 g/mol. The zero-order chi connectivity index (χ0) is 19.1. The summed E-state index contributed by atoms with van der Waals surface area (Å²) in [4.78, 5) is 9.77. The van der Waals surface area contributed by atoms with Gasteiger partial charge in [-0.15, -0.1) is 0 Å². The van der Waals surface area contributed by atoms with Crippen molar-refractivity contribution in [3.05, 3.63) is 0 Å². The number of hydrogen-bond acceptors (Lipinski definition) is 11. The second kappa shape index (κ2) is 7.80. The molecule has 25 heavy (non-hydrogen) atoms. The summed E-state index contributed by atoms with van der Waals surface area (Å²) in [6.07, 6.45) is -17.9. The van der Waals surface area contributed by atoms with Gasteiger partial charge >= 0.3 is 7.82 Å². The number of rotatable bonds is 4. The van der Waals surface area contributed by atoms with Gasteiger partial charge in [0.1, 0.15) is 36.6 Å². The lowest BCUT2D eigenvalue weighted by Gasteiger charge is -2.41. The topological polar surface area (TPSA) is 218 Å². The van der Waals surface area contributed by atoms with E-state index in [9.17, 15) is 50.3 Å². The largest absolute Gasteiger partial charge is 0.473 e. The Labute approximate surface area is 142 Å². The highest BCUT2D eigenvalue weighted by molar-refractivity contribution is 7.47. The highest BCUT2D eigenvalue weighted by atomic mass is 31.2. The van der Waals surface area contributed by atoms with Gasteiger partial charge in [0.25, 0.3) is 0 Å². The second-order valence-electron chi connectivity index (χ2n) is 6.31. The molecule has 0 spiro atoms. The van der Waals surface area contributed by atoms with Crippen LogP contribution in [0.2, 0.25) is 0 Å². The predicted molar refractivity (Wildman–Crippen MR) is 76.9 cm³/mol. The van der Waals surface area contributed by atoms with Crippen LogP contribution in [0.1, 0.15) is 12.8 Å². The van der Waals surface area contributed by atoms with Gasteiger partial charge in [0, 0.05) is 12.8 Å². The van der Waals surface area contributed by atoms with Gasteiger partial charge in [-0.25, -0.2) is 4.57 Å². The number of aliphatic hydroxyl groups is 8. The normalized spacial score (nSPS) is 49.2. The molecule has 13 heteroatoms. The molecule has 0 aromatic carbocycles. The van der Waals surface area contributed by atoms with Crippen molar-refractivity contribution in [2.45, 2.75) is 73.9 Å². The molecule has 2 rings (SSSR count). The third-order valence-corrected chi connectivity index (χ3v) is 5.42. The minimum Gasteiger partial charge on any atom is -0.390 e. The first-order valence-electron chi connectivity index (χ1n) is 7.58. The Bertz CT molecular complexity index is 464. The Morgan fingerprint density at radius 2 is 0.920 bits per heavy atom. The van der Waals surface area contributed by atoms with E-state index in [0.29, 0.717) is 0 Å². The molecule has 0 aromatic rings. The minimum absolute atomic E-state index is 0.442. The van der Waals surface area contributed by atoms with E-state index >= 15 is 0 Å². The third-order valence-electron chi connectivity index (χ3n) is 4.40. The van der Waals surface area contributed by atoms with Crippen molar-refractivity contribution in [1.29, 1.82) is 0 Å². The summed E-state index contributed by atoms with van der Waals surface area (Å²) in [5.74, 6) is 0. The fourth-order valence-corrected chi connectivity index (χ4v) is 4.13. The highest BCUT2D eigenvalue weighted by Gasteiger charge is 2.50. The molecule has 148 valence electrons. The summed E-state index contributed by atoms with van der Waals surface area (Å²) >= 11 is 0. The Morgan fingerprint density at radius 1 is 0.600 bits per heavy atom. The Balaban J connectivity index is 2.07. The van der Waals surface area contributed by atoms with E-state index in [2.05, 4.69) is 9.05 Å². The highest BCUT2D eigenvalue weighted by Crippen LogP contribution is 2.49. The van der Waals surface area contributed by atoms with E-state index in [1.165, 1.54) is 0 Å². The molecule has 0 heterocycles.